The largest absolute Gasteiger partial charge is 0.505 e. The summed E-state index contributed by atoms with van der Waals surface area (Å²) in [7, 11) is 3.17. The molecule has 0 bridgehead atoms. The highest BCUT2D eigenvalue weighted by Gasteiger charge is 2.27. The molecular weight excluding hydrogens is 306 g/mol. The maximum Gasteiger partial charge on any atom is 0.148 e. The quantitative estimate of drug-likeness (QED) is 0.587. The van der Waals surface area contributed by atoms with Crippen LogP contribution >= 0.6 is 0 Å². The summed E-state index contributed by atoms with van der Waals surface area (Å²) in [4.78, 5) is 0. The molecule has 1 unspecified atom stereocenters. The van der Waals surface area contributed by atoms with Crippen LogP contribution in [0.15, 0.2) is 30.3 Å². The Morgan fingerprint density at radius 3 is 2.04 bits per heavy atom. The smallest absolute Gasteiger partial charge is 0.148 e. The Hall–Kier alpha value is -2.40. The van der Waals surface area contributed by atoms with Crippen molar-refractivity contribution in [2.75, 3.05) is 20.0 Å². The van der Waals surface area contributed by atoms with E-state index in [1.165, 1.54) is 0 Å². The van der Waals surface area contributed by atoms with Gasteiger partial charge in [-0.15, -0.1) is 0 Å². The van der Waals surface area contributed by atoms with Crippen LogP contribution in [0, 0.1) is 0 Å². The molecule has 0 amide bonds. The third-order valence-electron chi connectivity index (χ3n) is 4.08. The molecule has 0 saturated heterocycles. The Morgan fingerprint density at radius 1 is 1.00 bits per heavy atom. The van der Waals surface area contributed by atoms with E-state index in [1.54, 1.807) is 20.3 Å². The molecule has 2 aromatic carbocycles. The van der Waals surface area contributed by atoms with Crippen molar-refractivity contribution in [1.82, 2.24) is 0 Å². The van der Waals surface area contributed by atoms with Gasteiger partial charge >= 0.3 is 0 Å². The van der Waals surface area contributed by atoms with Crippen LogP contribution in [0.3, 0.4) is 0 Å². The molecule has 1 atom stereocenters. The van der Waals surface area contributed by atoms with Crippen molar-refractivity contribution < 1.29 is 19.7 Å². The summed E-state index contributed by atoms with van der Waals surface area (Å²) in [5.41, 5.74) is 7.57. The molecule has 0 saturated carbocycles. The van der Waals surface area contributed by atoms with Gasteiger partial charge in [-0.25, -0.2) is 0 Å². The first-order valence-electron chi connectivity index (χ1n) is 7.72. The van der Waals surface area contributed by atoms with Gasteiger partial charge in [0.15, 0.2) is 0 Å². The van der Waals surface area contributed by atoms with Crippen LogP contribution in [0.2, 0.25) is 0 Å². The number of anilines is 1. The highest BCUT2D eigenvalue weighted by Crippen LogP contribution is 2.45. The highest BCUT2D eigenvalue weighted by atomic mass is 16.5. The van der Waals surface area contributed by atoms with Gasteiger partial charge in [-0.1, -0.05) is 32.9 Å². The van der Waals surface area contributed by atoms with Crippen molar-refractivity contribution >= 4 is 5.69 Å². The number of phenolic OH excluding ortho intramolecular Hbond substituents is 2. The lowest BCUT2D eigenvalue weighted by Gasteiger charge is -2.26. The van der Waals surface area contributed by atoms with E-state index in [0.717, 1.165) is 11.3 Å². The van der Waals surface area contributed by atoms with Gasteiger partial charge < -0.3 is 25.4 Å². The monoisotopic (exact) mass is 331 g/mol. The number of ether oxygens (including phenoxy) is 2. The maximum absolute atomic E-state index is 10.4. The average Bonchev–Trinajstić information content (AvgIpc) is 2.54. The fraction of sp³-hybridized carbons (Fsp3) is 0.368. The zero-order valence-corrected chi connectivity index (χ0v) is 14.8. The van der Waals surface area contributed by atoms with Crippen molar-refractivity contribution in [3.63, 3.8) is 0 Å². The summed E-state index contributed by atoms with van der Waals surface area (Å²) in [6.45, 7) is 5.91. The lowest BCUT2D eigenvalue weighted by Crippen LogP contribution is -2.14. The van der Waals surface area contributed by atoms with Crippen LogP contribution in [0.25, 0.3) is 0 Å². The molecule has 0 aliphatic rings. The van der Waals surface area contributed by atoms with Gasteiger partial charge in [0.25, 0.3) is 0 Å². The second-order valence-corrected chi connectivity index (χ2v) is 6.76. The fourth-order valence-electron chi connectivity index (χ4n) is 2.70. The molecule has 5 heteroatoms. The normalized spacial score (nSPS) is 12.9. The molecule has 2 rings (SSSR count). The van der Waals surface area contributed by atoms with Crippen LogP contribution in [0.5, 0.6) is 17.2 Å². The molecule has 0 aromatic heterocycles. The van der Waals surface area contributed by atoms with Crippen molar-refractivity contribution in [2.45, 2.75) is 32.3 Å². The minimum atomic E-state index is -0.514. The number of nitrogen functional groups attached to an aromatic ring is 1. The van der Waals surface area contributed by atoms with Gasteiger partial charge in [0.05, 0.1) is 7.11 Å². The number of phenols is 2. The summed E-state index contributed by atoms with van der Waals surface area (Å²) in [5.74, 6) is 0.481. The van der Waals surface area contributed by atoms with Gasteiger partial charge in [-0.05, 0) is 29.2 Å². The molecule has 0 spiro atoms. The number of rotatable bonds is 4. The van der Waals surface area contributed by atoms with Crippen LogP contribution in [-0.2, 0) is 10.2 Å². The highest BCUT2D eigenvalue weighted by molar-refractivity contribution is 5.70. The lowest BCUT2D eigenvalue weighted by molar-refractivity contribution is 0.133. The number of hydrogen-bond acceptors (Lipinski definition) is 5. The first-order chi connectivity index (χ1) is 11.2. The predicted octanol–water partition coefficient (Wildman–Crippen LogP) is 3.72. The zero-order chi connectivity index (χ0) is 18.1. The van der Waals surface area contributed by atoms with Crippen LogP contribution in [-0.4, -0.2) is 24.4 Å². The number of methoxy groups -OCH3 is 2. The standard InChI is InChI=1S/C19H25NO4/c1-19(2,3)14-10-13(16(21)15(20)17(14)22)18(24-5)11-6-8-12(23-4)9-7-11/h6-10,18,21-22H,20H2,1-5H3. The van der Waals surface area contributed by atoms with E-state index in [2.05, 4.69) is 0 Å². The van der Waals surface area contributed by atoms with E-state index in [-0.39, 0.29) is 22.6 Å². The minimum absolute atomic E-state index is 0.0343. The van der Waals surface area contributed by atoms with E-state index in [4.69, 9.17) is 15.2 Å². The molecule has 5 nitrogen and oxygen atoms in total. The number of nitrogens with two attached hydrogens (primary N) is 1. The van der Waals surface area contributed by atoms with E-state index in [1.807, 2.05) is 45.0 Å². The Labute approximate surface area is 142 Å². The molecule has 0 aliphatic heterocycles. The maximum atomic E-state index is 10.4. The first-order valence-corrected chi connectivity index (χ1v) is 7.72. The van der Waals surface area contributed by atoms with Crippen molar-refractivity contribution in [1.29, 1.82) is 0 Å². The van der Waals surface area contributed by atoms with Gasteiger partial charge in [0, 0.05) is 18.2 Å². The van der Waals surface area contributed by atoms with Crippen molar-refractivity contribution in [2.24, 2.45) is 0 Å². The summed E-state index contributed by atoms with van der Waals surface area (Å²) in [5, 5.41) is 20.7. The predicted molar refractivity (Wildman–Crippen MR) is 94.7 cm³/mol. The number of aromatic hydroxyl groups is 2. The van der Waals surface area contributed by atoms with E-state index < -0.39 is 6.10 Å². The molecular formula is C19H25NO4. The number of hydrogen-bond donors (Lipinski definition) is 3. The molecule has 2 aromatic rings. The molecule has 0 radical (unpaired) electrons. The summed E-state index contributed by atoms with van der Waals surface area (Å²) < 4.78 is 10.8. The molecule has 130 valence electrons. The third kappa shape index (κ3) is 3.26. The molecule has 0 heterocycles. The Kier molecular flexibility index (Phi) is 4.94. The van der Waals surface area contributed by atoms with Crippen LogP contribution in [0.1, 0.15) is 43.6 Å². The van der Waals surface area contributed by atoms with Crippen molar-refractivity contribution in [3.8, 4) is 17.2 Å². The Morgan fingerprint density at radius 2 is 1.58 bits per heavy atom. The molecule has 0 aliphatic carbocycles. The lowest BCUT2D eigenvalue weighted by atomic mass is 9.83. The molecule has 4 N–H and O–H groups in total. The molecule has 0 fully saturated rings. The van der Waals surface area contributed by atoms with Crippen LogP contribution < -0.4 is 10.5 Å². The van der Waals surface area contributed by atoms with Gasteiger partial charge in [-0.2, -0.15) is 0 Å². The Balaban J connectivity index is 2.61. The second-order valence-electron chi connectivity index (χ2n) is 6.76. The summed E-state index contributed by atoms with van der Waals surface area (Å²) in [6.07, 6.45) is -0.514. The third-order valence-corrected chi connectivity index (χ3v) is 4.08. The topological polar surface area (TPSA) is 84.9 Å². The van der Waals surface area contributed by atoms with E-state index in [0.29, 0.717) is 11.1 Å². The summed E-state index contributed by atoms with van der Waals surface area (Å²) in [6, 6.07) is 9.14. The van der Waals surface area contributed by atoms with Gasteiger partial charge in [-0.3, -0.25) is 0 Å². The van der Waals surface area contributed by atoms with Crippen LogP contribution in [0.4, 0.5) is 5.69 Å². The average molecular weight is 331 g/mol. The number of benzene rings is 2. The summed E-state index contributed by atoms with van der Waals surface area (Å²) >= 11 is 0. The van der Waals surface area contributed by atoms with Gasteiger partial charge in [0.1, 0.15) is 29.0 Å². The molecule has 24 heavy (non-hydrogen) atoms. The SMILES string of the molecule is COc1ccc(C(OC)c2cc(C(C)(C)C)c(O)c(N)c2O)cc1. The second kappa shape index (κ2) is 6.61. The van der Waals surface area contributed by atoms with Crippen molar-refractivity contribution in [3.05, 3.63) is 47.0 Å². The van der Waals surface area contributed by atoms with E-state index in [9.17, 15) is 10.2 Å². The van der Waals surface area contributed by atoms with E-state index >= 15 is 0 Å². The first kappa shape index (κ1) is 17.9. The van der Waals surface area contributed by atoms with Gasteiger partial charge in [0.2, 0.25) is 0 Å². The fourth-order valence-corrected chi connectivity index (χ4v) is 2.70. The minimum Gasteiger partial charge on any atom is -0.505 e. The Bertz CT molecular complexity index is 718. The zero-order valence-electron chi connectivity index (χ0n) is 14.8.